The molecule has 0 spiro atoms. The molecule has 2 nitrogen and oxygen atoms in total. The molecule has 1 aromatic carbocycles. The van der Waals surface area contributed by atoms with Gasteiger partial charge in [-0.2, -0.15) is 0 Å². The van der Waals surface area contributed by atoms with Crippen LogP contribution in [-0.2, 0) is 4.79 Å². The minimum atomic E-state index is 0.322. The molecule has 1 aliphatic heterocycles. The maximum Gasteiger partial charge on any atom is 0.225 e. The molecular formula is C17H23NO. The van der Waals surface area contributed by atoms with E-state index in [4.69, 9.17) is 0 Å². The molecule has 19 heavy (non-hydrogen) atoms. The van der Waals surface area contributed by atoms with E-state index < -0.39 is 0 Å². The van der Waals surface area contributed by atoms with Crippen molar-refractivity contribution in [3.63, 3.8) is 0 Å². The van der Waals surface area contributed by atoms with Crippen LogP contribution in [0.1, 0.15) is 50.0 Å². The first kappa shape index (κ1) is 12.7. The number of carbonyl (C=O) groups is 1. The third-order valence-corrected chi connectivity index (χ3v) is 4.73. The number of rotatable bonds is 2. The Bertz CT molecular complexity index is 422. The summed E-state index contributed by atoms with van der Waals surface area (Å²) in [5.41, 5.74) is 1.39. The Morgan fingerprint density at radius 3 is 2.47 bits per heavy atom. The van der Waals surface area contributed by atoms with Crippen molar-refractivity contribution >= 4 is 5.91 Å². The summed E-state index contributed by atoms with van der Waals surface area (Å²) in [5.74, 6) is 1.30. The van der Waals surface area contributed by atoms with Crippen LogP contribution in [0.3, 0.4) is 0 Å². The van der Waals surface area contributed by atoms with Crippen LogP contribution in [0.5, 0.6) is 0 Å². The average Bonchev–Trinajstić information content (AvgIpc) is 2.98. The van der Waals surface area contributed by atoms with Gasteiger partial charge in [0, 0.05) is 24.9 Å². The SMILES string of the molecule is O=C(C1CCCCC1)N1CCC(c2ccccc2)C1. The van der Waals surface area contributed by atoms with Crippen molar-refractivity contribution in [1.82, 2.24) is 4.90 Å². The lowest BCUT2D eigenvalue weighted by Crippen LogP contribution is -2.35. The number of hydrogen-bond donors (Lipinski definition) is 0. The van der Waals surface area contributed by atoms with Crippen molar-refractivity contribution in [2.75, 3.05) is 13.1 Å². The molecule has 1 aromatic rings. The molecule has 0 N–H and O–H groups in total. The zero-order valence-electron chi connectivity index (χ0n) is 11.6. The summed E-state index contributed by atoms with van der Waals surface area (Å²) in [4.78, 5) is 14.6. The second-order valence-corrected chi connectivity index (χ2v) is 6.02. The van der Waals surface area contributed by atoms with E-state index in [1.807, 2.05) is 0 Å². The molecule has 0 radical (unpaired) electrons. The lowest BCUT2D eigenvalue weighted by atomic mass is 9.88. The summed E-state index contributed by atoms with van der Waals surface area (Å²) >= 11 is 0. The minimum absolute atomic E-state index is 0.322. The molecule has 1 heterocycles. The van der Waals surface area contributed by atoms with Crippen LogP contribution in [0.4, 0.5) is 0 Å². The molecular weight excluding hydrogens is 234 g/mol. The van der Waals surface area contributed by atoms with Crippen molar-refractivity contribution in [3.05, 3.63) is 35.9 Å². The molecule has 0 aromatic heterocycles. The fourth-order valence-corrected chi connectivity index (χ4v) is 3.57. The summed E-state index contributed by atoms with van der Waals surface area (Å²) in [7, 11) is 0. The van der Waals surface area contributed by atoms with Gasteiger partial charge in [-0.05, 0) is 24.8 Å². The molecule has 2 heteroatoms. The summed E-state index contributed by atoms with van der Waals surface area (Å²) in [5, 5.41) is 0. The molecule has 102 valence electrons. The highest BCUT2D eigenvalue weighted by Gasteiger charge is 2.31. The van der Waals surface area contributed by atoms with E-state index in [0.717, 1.165) is 32.4 Å². The van der Waals surface area contributed by atoms with Crippen LogP contribution in [0.2, 0.25) is 0 Å². The maximum atomic E-state index is 12.5. The van der Waals surface area contributed by atoms with Gasteiger partial charge in [0.2, 0.25) is 5.91 Å². The fraction of sp³-hybridized carbons (Fsp3) is 0.588. The van der Waals surface area contributed by atoms with Gasteiger partial charge in [-0.3, -0.25) is 4.79 Å². The fourth-order valence-electron chi connectivity index (χ4n) is 3.57. The van der Waals surface area contributed by atoms with Crippen LogP contribution < -0.4 is 0 Å². The first-order valence-electron chi connectivity index (χ1n) is 7.68. The van der Waals surface area contributed by atoms with Gasteiger partial charge < -0.3 is 4.90 Å². The highest BCUT2D eigenvalue weighted by molar-refractivity contribution is 5.79. The first-order chi connectivity index (χ1) is 9.34. The second-order valence-electron chi connectivity index (χ2n) is 6.02. The van der Waals surface area contributed by atoms with Gasteiger partial charge in [0.15, 0.2) is 0 Å². The third kappa shape index (κ3) is 2.83. The van der Waals surface area contributed by atoms with Crippen molar-refractivity contribution in [3.8, 4) is 0 Å². The number of nitrogens with zero attached hydrogens (tertiary/aromatic N) is 1. The van der Waals surface area contributed by atoms with E-state index >= 15 is 0 Å². The summed E-state index contributed by atoms with van der Waals surface area (Å²) < 4.78 is 0. The normalized spacial score (nSPS) is 24.6. The van der Waals surface area contributed by atoms with E-state index in [1.165, 1.54) is 24.8 Å². The zero-order chi connectivity index (χ0) is 13.1. The van der Waals surface area contributed by atoms with Gasteiger partial charge in [0.05, 0.1) is 0 Å². The Hall–Kier alpha value is -1.31. The average molecular weight is 257 g/mol. The lowest BCUT2D eigenvalue weighted by Gasteiger charge is -2.26. The van der Waals surface area contributed by atoms with Gasteiger partial charge in [-0.15, -0.1) is 0 Å². The van der Waals surface area contributed by atoms with Gasteiger partial charge in [0.1, 0.15) is 0 Å². The van der Waals surface area contributed by atoms with Crippen LogP contribution >= 0.6 is 0 Å². The van der Waals surface area contributed by atoms with Crippen molar-refractivity contribution in [2.24, 2.45) is 5.92 Å². The molecule has 1 unspecified atom stereocenters. The topological polar surface area (TPSA) is 20.3 Å². The van der Waals surface area contributed by atoms with Crippen molar-refractivity contribution in [1.29, 1.82) is 0 Å². The van der Waals surface area contributed by atoms with Gasteiger partial charge >= 0.3 is 0 Å². The number of benzene rings is 1. The molecule has 1 saturated heterocycles. The van der Waals surface area contributed by atoms with E-state index in [9.17, 15) is 4.79 Å². The van der Waals surface area contributed by atoms with E-state index in [0.29, 0.717) is 17.7 Å². The van der Waals surface area contributed by atoms with Gasteiger partial charge in [0.25, 0.3) is 0 Å². The Labute approximate surface area is 115 Å². The largest absolute Gasteiger partial charge is 0.342 e. The highest BCUT2D eigenvalue weighted by Crippen LogP contribution is 2.31. The number of likely N-dealkylation sites (tertiary alicyclic amines) is 1. The zero-order valence-corrected chi connectivity index (χ0v) is 11.6. The predicted octanol–water partition coefficient (Wildman–Crippen LogP) is 3.58. The Morgan fingerprint density at radius 1 is 1.00 bits per heavy atom. The summed E-state index contributed by atoms with van der Waals surface area (Å²) in [6.45, 7) is 1.88. The Kier molecular flexibility index (Phi) is 3.86. The summed E-state index contributed by atoms with van der Waals surface area (Å²) in [6.07, 6.45) is 7.16. The Morgan fingerprint density at radius 2 is 1.74 bits per heavy atom. The number of carbonyl (C=O) groups excluding carboxylic acids is 1. The monoisotopic (exact) mass is 257 g/mol. The van der Waals surface area contributed by atoms with E-state index in [1.54, 1.807) is 0 Å². The third-order valence-electron chi connectivity index (χ3n) is 4.73. The first-order valence-corrected chi connectivity index (χ1v) is 7.68. The standard InChI is InChI=1S/C17H23NO/c19-17(15-9-5-2-6-10-15)18-12-11-16(13-18)14-7-3-1-4-8-14/h1,3-4,7-8,15-16H,2,5-6,9-13H2. The second kappa shape index (κ2) is 5.77. The number of hydrogen-bond acceptors (Lipinski definition) is 1. The molecule has 0 bridgehead atoms. The van der Waals surface area contributed by atoms with Crippen LogP contribution in [-0.4, -0.2) is 23.9 Å². The van der Waals surface area contributed by atoms with Crippen LogP contribution in [0.15, 0.2) is 30.3 Å². The Balaban J connectivity index is 1.61. The van der Waals surface area contributed by atoms with Crippen LogP contribution in [0, 0.1) is 5.92 Å². The molecule has 1 saturated carbocycles. The van der Waals surface area contributed by atoms with E-state index in [-0.39, 0.29) is 0 Å². The lowest BCUT2D eigenvalue weighted by molar-refractivity contribution is -0.135. The van der Waals surface area contributed by atoms with Crippen molar-refractivity contribution in [2.45, 2.75) is 44.4 Å². The van der Waals surface area contributed by atoms with Gasteiger partial charge in [-0.1, -0.05) is 49.6 Å². The predicted molar refractivity (Wildman–Crippen MR) is 77.0 cm³/mol. The molecule has 2 aliphatic rings. The van der Waals surface area contributed by atoms with Crippen LogP contribution in [0.25, 0.3) is 0 Å². The van der Waals surface area contributed by atoms with E-state index in [2.05, 4.69) is 35.2 Å². The molecule has 2 fully saturated rings. The quantitative estimate of drug-likeness (QED) is 0.793. The molecule has 1 aliphatic carbocycles. The van der Waals surface area contributed by atoms with Gasteiger partial charge in [-0.25, -0.2) is 0 Å². The molecule has 1 atom stereocenters. The molecule has 1 amide bonds. The molecule has 3 rings (SSSR count). The smallest absolute Gasteiger partial charge is 0.225 e. The minimum Gasteiger partial charge on any atom is -0.342 e. The number of amides is 1. The maximum absolute atomic E-state index is 12.5. The van der Waals surface area contributed by atoms with Crippen molar-refractivity contribution < 1.29 is 4.79 Å². The highest BCUT2D eigenvalue weighted by atomic mass is 16.2. The summed E-state index contributed by atoms with van der Waals surface area (Å²) in [6, 6.07) is 10.6.